The molecule has 0 spiro atoms. The summed E-state index contributed by atoms with van der Waals surface area (Å²) in [6.07, 6.45) is 0. The molecule has 0 saturated heterocycles. The summed E-state index contributed by atoms with van der Waals surface area (Å²) in [6, 6.07) is 2.47. The second kappa shape index (κ2) is 36.1. The summed E-state index contributed by atoms with van der Waals surface area (Å²) in [6.45, 7) is 0. The molecular weight excluding hydrogens is 686 g/mol. The Bertz CT molecular complexity index is 247. The average Bonchev–Trinajstić information content (AvgIpc) is 2.00. The van der Waals surface area contributed by atoms with E-state index in [9.17, 15) is 0 Å². The first-order valence-electron chi connectivity index (χ1n) is 2.20. The summed E-state index contributed by atoms with van der Waals surface area (Å²) >= 11 is -9.33. The van der Waals surface area contributed by atoms with Crippen LogP contribution >= 0.6 is 0 Å². The molecule has 0 radical (unpaired) electrons. The number of hydrogen-bond acceptors (Lipinski definition) is 11. The van der Waals surface area contributed by atoms with Gasteiger partial charge in [-0.2, -0.15) is 10.5 Å². The van der Waals surface area contributed by atoms with Gasteiger partial charge in [0.1, 0.15) is 0 Å². The van der Waals surface area contributed by atoms with Crippen molar-refractivity contribution in [3.63, 3.8) is 0 Å². The molecule has 0 aliphatic heterocycles. The van der Waals surface area contributed by atoms with Gasteiger partial charge in [-0.1, -0.05) is 0 Å². The maximum absolute atomic E-state index is 8.44. The van der Waals surface area contributed by atoms with E-state index in [2.05, 4.69) is 0 Å². The van der Waals surface area contributed by atoms with Crippen molar-refractivity contribution < 1.29 is 84.7 Å². The van der Waals surface area contributed by atoms with Crippen molar-refractivity contribution in [3.05, 3.63) is 0 Å². The summed E-state index contributed by atoms with van der Waals surface area (Å²) in [7, 11) is 0. The third-order valence-electron chi connectivity index (χ3n) is 0.0500. The minimum atomic E-state index is -3.11. The van der Waals surface area contributed by atoms with E-state index in [4.69, 9.17) is 50.5 Å². The molecule has 18 heavy (non-hydrogen) atoms. The fourth-order valence-corrected chi connectivity index (χ4v) is 0. The Morgan fingerprint density at radius 3 is 0.667 bits per heavy atom. The predicted molar refractivity (Wildman–Crippen MR) is 40.3 cm³/mol. The van der Waals surface area contributed by atoms with Crippen LogP contribution < -0.4 is 0 Å². The van der Waals surface area contributed by atoms with Crippen LogP contribution in [-0.4, -0.2) is 39.9 Å². The summed E-state index contributed by atoms with van der Waals surface area (Å²) in [5.74, 6) is 0. The van der Waals surface area contributed by atoms with Gasteiger partial charge in [0.25, 0.3) is 0 Å². The van der Waals surface area contributed by atoms with E-state index in [1.54, 1.807) is 0 Å². The fourth-order valence-electron chi connectivity index (χ4n) is 0. The molecule has 16 heteroatoms. The Kier molecular flexibility index (Phi) is 72.7. The van der Waals surface area contributed by atoms with E-state index in [1.165, 1.54) is 12.1 Å². The van der Waals surface area contributed by atoms with Crippen LogP contribution in [0.25, 0.3) is 0 Å². The van der Waals surface area contributed by atoms with Crippen molar-refractivity contribution in [2.75, 3.05) is 0 Å². The van der Waals surface area contributed by atoms with Crippen molar-refractivity contribution in [2.24, 2.45) is 0 Å². The SMILES string of the molecule is N#CC#N.O=S([O-])[O-].O=S([O-])[O-].O=S([O-])[O-].[Au+3].[Au+3]. The molecule has 0 fully saturated rings. The van der Waals surface area contributed by atoms with Gasteiger partial charge in [-0.25, -0.2) is 0 Å². The topological polar surface area (TPSA) is 237 Å². The molecule has 0 heterocycles. The zero-order valence-corrected chi connectivity index (χ0v) is 14.2. The molecule has 0 N–H and O–H groups in total. The van der Waals surface area contributed by atoms with Gasteiger partial charge in [0.2, 0.25) is 0 Å². The van der Waals surface area contributed by atoms with E-state index in [-0.39, 0.29) is 44.8 Å². The monoisotopic (exact) mass is 686 g/mol. The van der Waals surface area contributed by atoms with Crippen LogP contribution in [0.1, 0.15) is 0 Å². The van der Waals surface area contributed by atoms with Crippen molar-refractivity contribution >= 4 is 34.1 Å². The number of nitriles is 2. The Labute approximate surface area is 140 Å². The summed E-state index contributed by atoms with van der Waals surface area (Å²) in [5.41, 5.74) is 0. The third-order valence-corrected chi connectivity index (χ3v) is 0.0500. The standard InChI is InChI=1S/C2N2.2Au.3H2O3S/c3-1-2-4;;;3*1-4(2)3/h;;;3*(H2,1,2,3)/q;2*+3;;;/p-6. The van der Waals surface area contributed by atoms with Crippen LogP contribution in [0, 0.1) is 22.7 Å². The predicted octanol–water partition coefficient (Wildman–Crippen LogP) is -2.98. The fraction of sp³-hybridized carbons (Fsp3) is 0. The summed E-state index contributed by atoms with van der Waals surface area (Å²) in [4.78, 5) is 0. The van der Waals surface area contributed by atoms with Crippen molar-refractivity contribution in [1.82, 2.24) is 0 Å². The molecule has 0 bridgehead atoms. The van der Waals surface area contributed by atoms with Crippen LogP contribution in [0.4, 0.5) is 0 Å². The molecule has 0 aromatic heterocycles. The molecule has 0 rings (SSSR count). The molecule has 112 valence electrons. The largest absolute Gasteiger partial charge is 3.00 e. The first-order chi connectivity index (χ1) is 7.11. The van der Waals surface area contributed by atoms with E-state index in [0.29, 0.717) is 0 Å². The summed E-state index contributed by atoms with van der Waals surface area (Å²) < 4.78 is 76.0. The maximum Gasteiger partial charge on any atom is 3.00 e. The Hall–Kier alpha value is 0.671. The number of rotatable bonds is 0. The Balaban J connectivity index is -0.0000000257. The first-order valence-corrected chi connectivity index (χ1v) is 5.20. The zero-order valence-electron chi connectivity index (χ0n) is 7.40. The van der Waals surface area contributed by atoms with Crippen LogP contribution in [0.5, 0.6) is 0 Å². The number of nitrogens with zero attached hydrogens (tertiary/aromatic N) is 2. The van der Waals surface area contributed by atoms with Crippen LogP contribution in [0.2, 0.25) is 0 Å². The van der Waals surface area contributed by atoms with Crippen molar-refractivity contribution in [2.45, 2.75) is 0 Å². The molecule has 0 atom stereocenters. The van der Waals surface area contributed by atoms with Crippen molar-refractivity contribution in [1.29, 1.82) is 10.5 Å². The van der Waals surface area contributed by atoms with Crippen molar-refractivity contribution in [3.8, 4) is 12.1 Å². The van der Waals surface area contributed by atoms with Crippen LogP contribution in [0.15, 0.2) is 0 Å². The maximum atomic E-state index is 8.44. The van der Waals surface area contributed by atoms with Gasteiger partial charge in [-0.3, -0.25) is 12.6 Å². The van der Waals surface area contributed by atoms with Crippen LogP contribution in [0.3, 0.4) is 0 Å². The minimum absolute atomic E-state index is 0. The van der Waals surface area contributed by atoms with Gasteiger partial charge < -0.3 is 27.3 Å². The van der Waals surface area contributed by atoms with Gasteiger partial charge >= 0.3 is 44.8 Å². The van der Waals surface area contributed by atoms with Gasteiger partial charge in [-0.05, 0) is 0 Å². The third kappa shape index (κ3) is 1470. The van der Waals surface area contributed by atoms with Gasteiger partial charge in [0, 0.05) is 0 Å². The van der Waals surface area contributed by atoms with Gasteiger partial charge in [0.15, 0.2) is 12.1 Å². The van der Waals surface area contributed by atoms with Gasteiger partial charge in [-0.15, -0.1) is 34.1 Å². The van der Waals surface area contributed by atoms with E-state index in [0.717, 1.165) is 0 Å². The number of hydrogen-bond donors (Lipinski definition) is 0. The van der Waals surface area contributed by atoms with E-state index in [1.807, 2.05) is 0 Å². The van der Waals surface area contributed by atoms with E-state index < -0.39 is 34.1 Å². The summed E-state index contributed by atoms with van der Waals surface area (Å²) in [5, 5.41) is 14.5. The Morgan fingerprint density at radius 2 is 0.667 bits per heavy atom. The second-order valence-corrected chi connectivity index (χ2v) is 2.06. The second-order valence-electron chi connectivity index (χ2n) is 0.836. The molecule has 0 aliphatic rings. The minimum Gasteiger partial charge on any atom is -0.784 e. The zero-order chi connectivity index (χ0) is 14.1. The molecular formula is C2Au2N2O9S3. The molecule has 0 aliphatic carbocycles. The smallest absolute Gasteiger partial charge is 0.784 e. The molecule has 0 unspecified atom stereocenters. The molecule has 0 amide bonds. The quantitative estimate of drug-likeness (QED) is 0.184. The van der Waals surface area contributed by atoms with E-state index >= 15 is 0 Å². The first kappa shape index (κ1) is 36.3. The molecule has 0 aromatic carbocycles. The van der Waals surface area contributed by atoms with Crippen LogP contribution in [-0.2, 0) is 78.8 Å². The Morgan fingerprint density at radius 1 is 0.611 bits per heavy atom. The molecule has 0 aromatic rings. The molecule has 0 saturated carbocycles. The molecule has 11 nitrogen and oxygen atoms in total. The average molecular weight is 686 g/mol. The normalized spacial score (nSPS) is 6.39. The van der Waals surface area contributed by atoms with Gasteiger partial charge in [0.05, 0.1) is 0 Å².